The van der Waals surface area contributed by atoms with Crippen LogP contribution in [0.25, 0.3) is 87.2 Å². The molecule has 0 saturated heterocycles. The fraction of sp³-hybridized carbons (Fsp3) is 0. The number of rotatable bonds is 3. The molecule has 0 aliphatic heterocycles. The average Bonchev–Trinajstić information content (AvgIpc) is 3.10. The highest BCUT2D eigenvalue weighted by Crippen LogP contribution is 2.45. The van der Waals surface area contributed by atoms with Crippen LogP contribution in [0.4, 0.5) is 0 Å². The SMILES string of the molecule is c1ccc2c(-c3c4ccccc4c(-c4ccc(-c5cccc6ccc7ccccc7c56)cc4)c4ccccc34)cccc2c1. The molecule has 0 heterocycles. The molecule has 0 atom stereocenters. The van der Waals surface area contributed by atoms with Crippen molar-refractivity contribution in [3.05, 3.63) is 170 Å². The summed E-state index contributed by atoms with van der Waals surface area (Å²) < 4.78 is 0. The van der Waals surface area contributed by atoms with Gasteiger partial charge in [0.15, 0.2) is 0 Å². The Morgan fingerprint density at radius 1 is 0.227 bits per heavy atom. The van der Waals surface area contributed by atoms with Crippen molar-refractivity contribution in [3.63, 3.8) is 0 Å². The van der Waals surface area contributed by atoms with E-state index in [9.17, 15) is 0 Å². The lowest BCUT2D eigenvalue weighted by molar-refractivity contribution is 1.64. The summed E-state index contributed by atoms with van der Waals surface area (Å²) in [5, 5.41) is 12.8. The standard InChI is InChI=1S/C44H28/c1-3-15-34-29(11-1)13-9-22-37(34)44-40-19-7-5-17-38(40)43(39-18-6-8-20-41(39)44)33-27-24-31(25-28-33)36-21-10-14-32-26-23-30-12-2-4-16-35(30)42(32)36/h1-28H. The fourth-order valence-corrected chi connectivity index (χ4v) is 7.29. The smallest absolute Gasteiger partial charge is 0.00201 e. The maximum atomic E-state index is 2.31. The highest BCUT2D eigenvalue weighted by Gasteiger charge is 2.18. The lowest BCUT2D eigenvalue weighted by Gasteiger charge is -2.19. The minimum atomic E-state index is 1.23. The maximum absolute atomic E-state index is 2.31. The van der Waals surface area contributed by atoms with E-state index in [1.807, 2.05) is 0 Å². The summed E-state index contributed by atoms with van der Waals surface area (Å²) in [6.07, 6.45) is 0. The number of hydrogen-bond acceptors (Lipinski definition) is 0. The molecule has 0 saturated carbocycles. The van der Waals surface area contributed by atoms with Crippen molar-refractivity contribution in [3.8, 4) is 33.4 Å². The first-order chi connectivity index (χ1) is 21.8. The van der Waals surface area contributed by atoms with Crippen LogP contribution in [0, 0.1) is 0 Å². The summed E-state index contributed by atoms with van der Waals surface area (Å²) in [5.74, 6) is 0. The van der Waals surface area contributed by atoms with Crippen molar-refractivity contribution in [2.45, 2.75) is 0 Å². The minimum absolute atomic E-state index is 1.23. The average molecular weight is 557 g/mol. The zero-order valence-corrected chi connectivity index (χ0v) is 24.2. The van der Waals surface area contributed by atoms with Crippen LogP contribution in [0.1, 0.15) is 0 Å². The molecule has 0 aromatic heterocycles. The summed E-state index contributed by atoms with van der Waals surface area (Å²) in [5.41, 5.74) is 7.60. The Morgan fingerprint density at radius 2 is 0.659 bits per heavy atom. The van der Waals surface area contributed by atoms with Crippen molar-refractivity contribution < 1.29 is 0 Å². The van der Waals surface area contributed by atoms with Crippen LogP contribution in [0.5, 0.6) is 0 Å². The third-order valence-electron chi connectivity index (χ3n) is 9.24. The van der Waals surface area contributed by atoms with Crippen LogP contribution >= 0.6 is 0 Å². The van der Waals surface area contributed by atoms with Gasteiger partial charge in [0.1, 0.15) is 0 Å². The van der Waals surface area contributed by atoms with Crippen molar-refractivity contribution in [1.82, 2.24) is 0 Å². The van der Waals surface area contributed by atoms with Crippen molar-refractivity contribution in [2.75, 3.05) is 0 Å². The summed E-state index contributed by atoms with van der Waals surface area (Å²) >= 11 is 0. The van der Waals surface area contributed by atoms with E-state index in [0.717, 1.165) is 0 Å². The molecule has 0 radical (unpaired) electrons. The monoisotopic (exact) mass is 556 g/mol. The maximum Gasteiger partial charge on any atom is -0.00201 e. The van der Waals surface area contributed by atoms with Crippen molar-refractivity contribution in [2.24, 2.45) is 0 Å². The first kappa shape index (κ1) is 24.8. The van der Waals surface area contributed by atoms with Crippen LogP contribution in [-0.2, 0) is 0 Å². The van der Waals surface area contributed by atoms with E-state index in [2.05, 4.69) is 170 Å². The molecule has 0 nitrogen and oxygen atoms in total. The Morgan fingerprint density at radius 3 is 1.32 bits per heavy atom. The molecule has 0 N–H and O–H groups in total. The molecular formula is C44H28. The molecule has 0 spiro atoms. The van der Waals surface area contributed by atoms with Gasteiger partial charge in [-0.15, -0.1) is 0 Å². The van der Waals surface area contributed by atoms with Gasteiger partial charge in [-0.05, 0) is 87.2 Å². The zero-order valence-electron chi connectivity index (χ0n) is 24.2. The molecule has 9 aromatic carbocycles. The predicted molar refractivity (Wildman–Crippen MR) is 190 cm³/mol. The summed E-state index contributed by atoms with van der Waals surface area (Å²) in [7, 11) is 0. The lowest BCUT2D eigenvalue weighted by Crippen LogP contribution is -1.91. The molecular weight excluding hydrogens is 528 g/mol. The Balaban J connectivity index is 1.28. The van der Waals surface area contributed by atoms with Gasteiger partial charge in [-0.25, -0.2) is 0 Å². The van der Waals surface area contributed by atoms with E-state index >= 15 is 0 Å². The topological polar surface area (TPSA) is 0 Å². The van der Waals surface area contributed by atoms with E-state index in [4.69, 9.17) is 0 Å². The fourth-order valence-electron chi connectivity index (χ4n) is 7.29. The van der Waals surface area contributed by atoms with Crippen LogP contribution < -0.4 is 0 Å². The second-order valence-electron chi connectivity index (χ2n) is 11.6. The van der Waals surface area contributed by atoms with E-state index in [1.165, 1.54) is 87.2 Å². The first-order valence-corrected chi connectivity index (χ1v) is 15.3. The van der Waals surface area contributed by atoms with Gasteiger partial charge in [0, 0.05) is 0 Å². The Bertz CT molecular complexity index is 2470. The minimum Gasteiger partial charge on any atom is -0.0616 e. The van der Waals surface area contributed by atoms with Crippen LogP contribution in [-0.4, -0.2) is 0 Å². The van der Waals surface area contributed by atoms with Gasteiger partial charge in [0.05, 0.1) is 0 Å². The second-order valence-corrected chi connectivity index (χ2v) is 11.6. The van der Waals surface area contributed by atoms with Gasteiger partial charge in [-0.3, -0.25) is 0 Å². The van der Waals surface area contributed by atoms with E-state index < -0.39 is 0 Å². The molecule has 9 rings (SSSR count). The van der Waals surface area contributed by atoms with E-state index in [1.54, 1.807) is 0 Å². The Labute approximate surface area is 256 Å². The van der Waals surface area contributed by atoms with Crippen LogP contribution in [0.15, 0.2) is 170 Å². The summed E-state index contributed by atoms with van der Waals surface area (Å²) in [6.45, 7) is 0. The molecule has 0 amide bonds. The number of hydrogen-bond donors (Lipinski definition) is 0. The molecule has 0 fully saturated rings. The van der Waals surface area contributed by atoms with Gasteiger partial charge < -0.3 is 0 Å². The normalized spacial score (nSPS) is 11.6. The third kappa shape index (κ3) is 3.78. The molecule has 0 aliphatic rings. The van der Waals surface area contributed by atoms with E-state index in [-0.39, 0.29) is 0 Å². The molecule has 0 unspecified atom stereocenters. The Hall–Kier alpha value is -5.72. The van der Waals surface area contributed by atoms with Crippen LogP contribution in [0.3, 0.4) is 0 Å². The number of benzene rings is 9. The lowest BCUT2D eigenvalue weighted by atomic mass is 9.84. The van der Waals surface area contributed by atoms with Gasteiger partial charge in [-0.2, -0.15) is 0 Å². The quantitative estimate of drug-likeness (QED) is 0.150. The van der Waals surface area contributed by atoms with E-state index in [0.29, 0.717) is 0 Å². The van der Waals surface area contributed by atoms with Crippen molar-refractivity contribution in [1.29, 1.82) is 0 Å². The third-order valence-corrected chi connectivity index (χ3v) is 9.24. The van der Waals surface area contributed by atoms with Crippen molar-refractivity contribution >= 4 is 53.9 Å². The second kappa shape index (κ2) is 9.93. The largest absolute Gasteiger partial charge is 0.0616 e. The zero-order chi connectivity index (χ0) is 29.0. The number of fused-ring (bicyclic) bond motifs is 6. The predicted octanol–water partition coefficient (Wildman–Crippen LogP) is 12.5. The Kier molecular flexibility index (Phi) is 5.61. The molecule has 204 valence electrons. The summed E-state index contributed by atoms with van der Waals surface area (Å²) in [6, 6.07) is 62.3. The van der Waals surface area contributed by atoms with Gasteiger partial charge >= 0.3 is 0 Å². The van der Waals surface area contributed by atoms with Gasteiger partial charge in [-0.1, -0.05) is 170 Å². The molecule has 0 bridgehead atoms. The molecule has 0 heteroatoms. The van der Waals surface area contributed by atoms with Crippen LogP contribution in [0.2, 0.25) is 0 Å². The molecule has 44 heavy (non-hydrogen) atoms. The highest BCUT2D eigenvalue weighted by atomic mass is 14.2. The van der Waals surface area contributed by atoms with Gasteiger partial charge in [0.25, 0.3) is 0 Å². The first-order valence-electron chi connectivity index (χ1n) is 15.3. The molecule has 0 aliphatic carbocycles. The highest BCUT2D eigenvalue weighted by molar-refractivity contribution is 6.23. The summed E-state index contributed by atoms with van der Waals surface area (Å²) in [4.78, 5) is 0. The molecule has 9 aromatic rings. The van der Waals surface area contributed by atoms with Gasteiger partial charge in [0.2, 0.25) is 0 Å².